The largest absolute Gasteiger partial charge is 0.493 e. The number of imidazole rings is 1. The Balaban J connectivity index is 0.00000158. The first kappa shape index (κ1) is 25.0. The number of nitrogens with one attached hydrogen (secondary N) is 2. The van der Waals surface area contributed by atoms with Gasteiger partial charge in [-0.3, -0.25) is 0 Å². The van der Waals surface area contributed by atoms with Crippen molar-refractivity contribution in [1.29, 1.82) is 0 Å². The Bertz CT molecular complexity index is 1350. The number of rotatable bonds is 8. The quantitative estimate of drug-likeness (QED) is 0.391. The topological polar surface area (TPSA) is 107 Å². The number of hydrogen-bond acceptors (Lipinski definition) is 7. The monoisotopic (exact) mass is 483 g/mol. The fraction of sp³-hybridized carbons (Fsp3) is 0.250. The lowest BCUT2D eigenvalue weighted by molar-refractivity contribution is 0.355. The maximum absolute atomic E-state index is 11.9. The van der Waals surface area contributed by atoms with E-state index in [9.17, 15) is 8.42 Å². The molecule has 4 rings (SSSR count). The van der Waals surface area contributed by atoms with Gasteiger partial charge in [0.15, 0.2) is 17.1 Å². The van der Waals surface area contributed by atoms with Crippen LogP contribution in [-0.2, 0) is 16.6 Å². The molecular formula is C24H29N5O4S. The summed E-state index contributed by atoms with van der Waals surface area (Å²) in [6, 6.07) is 16.0. The molecule has 2 aromatic carbocycles. The summed E-state index contributed by atoms with van der Waals surface area (Å²) < 4.78 is 38.5. The maximum Gasteiger partial charge on any atom is 0.240 e. The van der Waals surface area contributed by atoms with Gasteiger partial charge in [0.25, 0.3) is 0 Å². The van der Waals surface area contributed by atoms with Gasteiger partial charge in [0, 0.05) is 12.1 Å². The molecule has 0 radical (unpaired) electrons. The lowest BCUT2D eigenvalue weighted by Gasteiger charge is -2.10. The molecule has 0 aliphatic heterocycles. The van der Waals surface area contributed by atoms with Crippen molar-refractivity contribution in [3.63, 3.8) is 0 Å². The van der Waals surface area contributed by atoms with Crippen molar-refractivity contribution in [2.45, 2.75) is 25.3 Å². The van der Waals surface area contributed by atoms with Gasteiger partial charge >= 0.3 is 0 Å². The zero-order valence-corrected chi connectivity index (χ0v) is 20.7. The van der Waals surface area contributed by atoms with Crippen molar-refractivity contribution in [1.82, 2.24) is 19.3 Å². The molecular weight excluding hydrogens is 454 g/mol. The van der Waals surface area contributed by atoms with Crippen LogP contribution in [0, 0.1) is 0 Å². The van der Waals surface area contributed by atoms with E-state index in [1.807, 2.05) is 44.2 Å². The summed E-state index contributed by atoms with van der Waals surface area (Å²) in [4.78, 5) is 4.65. The van der Waals surface area contributed by atoms with E-state index in [-0.39, 0.29) is 4.90 Å². The minimum Gasteiger partial charge on any atom is -0.493 e. The van der Waals surface area contributed by atoms with Crippen LogP contribution in [0.15, 0.2) is 65.7 Å². The van der Waals surface area contributed by atoms with Crippen LogP contribution < -0.4 is 19.5 Å². The first-order chi connectivity index (χ1) is 16.4. The Kier molecular flexibility index (Phi) is 8.08. The molecule has 0 saturated carbocycles. The van der Waals surface area contributed by atoms with Crippen molar-refractivity contribution >= 4 is 21.5 Å². The highest BCUT2D eigenvalue weighted by Gasteiger charge is 2.13. The SMILES string of the molecule is CC.CNS(=O)(=O)c1ccc(CNc2ccc3ncc(-c4ccc(OC)c(OC)c4)n3n2)cc1. The molecule has 2 aromatic heterocycles. The number of sulfonamides is 1. The van der Waals surface area contributed by atoms with Crippen LogP contribution in [-0.4, -0.2) is 44.3 Å². The number of benzene rings is 2. The minimum absolute atomic E-state index is 0.223. The van der Waals surface area contributed by atoms with Gasteiger partial charge in [0.2, 0.25) is 10.0 Å². The van der Waals surface area contributed by atoms with Gasteiger partial charge in [0.05, 0.1) is 31.0 Å². The molecule has 2 heterocycles. The number of anilines is 1. The zero-order valence-electron chi connectivity index (χ0n) is 19.9. The van der Waals surface area contributed by atoms with Crippen LogP contribution in [0.3, 0.4) is 0 Å². The first-order valence-electron chi connectivity index (χ1n) is 10.8. The van der Waals surface area contributed by atoms with Crippen LogP contribution in [0.25, 0.3) is 16.9 Å². The fourth-order valence-corrected chi connectivity index (χ4v) is 3.99. The molecule has 9 nitrogen and oxygen atoms in total. The van der Waals surface area contributed by atoms with Crippen molar-refractivity contribution < 1.29 is 17.9 Å². The molecule has 180 valence electrons. The van der Waals surface area contributed by atoms with Crippen molar-refractivity contribution in [3.05, 3.63) is 66.4 Å². The van der Waals surface area contributed by atoms with Gasteiger partial charge in [0.1, 0.15) is 5.82 Å². The molecule has 0 aliphatic rings. The number of hydrogen-bond donors (Lipinski definition) is 2. The predicted molar refractivity (Wildman–Crippen MR) is 133 cm³/mol. The Hall–Kier alpha value is -3.63. The van der Waals surface area contributed by atoms with Crippen molar-refractivity contribution in [2.75, 3.05) is 26.6 Å². The van der Waals surface area contributed by atoms with E-state index in [0.717, 1.165) is 16.8 Å². The van der Waals surface area contributed by atoms with Gasteiger partial charge in [-0.2, -0.15) is 0 Å². The summed E-state index contributed by atoms with van der Waals surface area (Å²) in [6.45, 7) is 4.48. The molecule has 2 N–H and O–H groups in total. The van der Waals surface area contributed by atoms with Gasteiger partial charge in [-0.1, -0.05) is 26.0 Å². The van der Waals surface area contributed by atoms with Gasteiger partial charge in [-0.15, -0.1) is 5.10 Å². The first-order valence-corrected chi connectivity index (χ1v) is 12.3. The Morgan fingerprint density at radius 1 is 0.941 bits per heavy atom. The normalized spacial score (nSPS) is 11.0. The van der Waals surface area contributed by atoms with Crippen molar-refractivity contribution in [2.24, 2.45) is 0 Å². The Morgan fingerprint density at radius 3 is 2.29 bits per heavy atom. The molecule has 10 heteroatoms. The minimum atomic E-state index is -3.45. The summed E-state index contributed by atoms with van der Waals surface area (Å²) in [6.07, 6.45) is 1.76. The lowest BCUT2D eigenvalue weighted by atomic mass is 10.1. The number of fused-ring (bicyclic) bond motifs is 1. The third kappa shape index (κ3) is 5.29. The summed E-state index contributed by atoms with van der Waals surface area (Å²) in [5, 5.41) is 7.92. The Morgan fingerprint density at radius 2 is 1.65 bits per heavy atom. The van der Waals surface area contributed by atoms with Gasteiger partial charge in [-0.25, -0.2) is 22.6 Å². The van der Waals surface area contributed by atoms with E-state index in [1.165, 1.54) is 7.05 Å². The molecule has 0 saturated heterocycles. The van der Waals surface area contributed by atoms with E-state index in [2.05, 4.69) is 20.1 Å². The number of aromatic nitrogens is 3. The lowest BCUT2D eigenvalue weighted by Crippen LogP contribution is -2.18. The number of methoxy groups -OCH3 is 2. The Labute approximate surface area is 199 Å². The van der Waals surface area contributed by atoms with E-state index >= 15 is 0 Å². The van der Waals surface area contributed by atoms with Crippen LogP contribution in [0.4, 0.5) is 5.82 Å². The summed E-state index contributed by atoms with van der Waals surface area (Å²) in [7, 11) is 1.13. The second kappa shape index (κ2) is 11.0. The van der Waals surface area contributed by atoms with E-state index in [4.69, 9.17) is 9.47 Å². The van der Waals surface area contributed by atoms with Crippen molar-refractivity contribution in [3.8, 4) is 22.8 Å². The predicted octanol–water partition coefficient (Wildman–Crippen LogP) is 3.96. The van der Waals surface area contributed by atoms with Crippen LogP contribution in [0.5, 0.6) is 11.5 Å². The number of ether oxygens (including phenoxy) is 2. The average molecular weight is 484 g/mol. The molecule has 0 aliphatic carbocycles. The van der Waals surface area contributed by atoms with Crippen LogP contribution in [0.1, 0.15) is 19.4 Å². The third-order valence-corrected chi connectivity index (χ3v) is 6.45. The van der Waals surface area contributed by atoms with Gasteiger partial charge < -0.3 is 14.8 Å². The highest BCUT2D eigenvalue weighted by Crippen LogP contribution is 2.32. The van der Waals surface area contributed by atoms with Gasteiger partial charge in [-0.05, 0) is 55.1 Å². The number of nitrogens with zero attached hydrogens (tertiary/aromatic N) is 3. The molecule has 0 fully saturated rings. The van der Waals surface area contributed by atoms with E-state index in [1.54, 1.807) is 49.2 Å². The average Bonchev–Trinajstić information content (AvgIpc) is 3.31. The molecule has 0 spiro atoms. The molecule has 0 amide bonds. The molecule has 34 heavy (non-hydrogen) atoms. The summed E-state index contributed by atoms with van der Waals surface area (Å²) >= 11 is 0. The zero-order chi connectivity index (χ0) is 24.7. The highest BCUT2D eigenvalue weighted by molar-refractivity contribution is 7.89. The maximum atomic E-state index is 11.9. The summed E-state index contributed by atoms with van der Waals surface area (Å²) in [5.41, 5.74) is 3.34. The standard InChI is InChI=1S/C22H23N5O4S.C2H6/c1-23-32(28,29)17-7-4-15(5-8-17)13-24-21-10-11-22-25-14-18(27(22)26-21)16-6-9-19(30-2)20(12-16)31-3;1-2/h4-12,14,23H,13H2,1-3H3,(H,24,26);1-2H3. The second-order valence-electron chi connectivity index (χ2n) is 6.91. The highest BCUT2D eigenvalue weighted by atomic mass is 32.2. The second-order valence-corrected chi connectivity index (χ2v) is 8.79. The van der Waals surface area contributed by atoms with E-state index in [0.29, 0.717) is 29.5 Å². The van der Waals surface area contributed by atoms with E-state index < -0.39 is 10.0 Å². The summed E-state index contributed by atoms with van der Waals surface area (Å²) in [5.74, 6) is 1.93. The van der Waals surface area contributed by atoms with Crippen LogP contribution >= 0.6 is 0 Å². The fourth-order valence-electron chi connectivity index (χ4n) is 3.26. The molecule has 0 bridgehead atoms. The molecule has 0 atom stereocenters. The van der Waals surface area contributed by atoms with Crippen LogP contribution in [0.2, 0.25) is 0 Å². The molecule has 4 aromatic rings. The molecule has 0 unspecified atom stereocenters. The smallest absolute Gasteiger partial charge is 0.240 e. The third-order valence-electron chi connectivity index (χ3n) is 5.02.